The number of amides is 2. The lowest BCUT2D eigenvalue weighted by Gasteiger charge is -2.46. The Labute approximate surface area is 209 Å². The van der Waals surface area contributed by atoms with Crippen LogP contribution in [0.15, 0.2) is 0 Å². The van der Waals surface area contributed by atoms with Crippen molar-refractivity contribution in [3.63, 3.8) is 0 Å². The van der Waals surface area contributed by atoms with Gasteiger partial charge in [0.1, 0.15) is 36.6 Å². The molecule has 212 valence electrons. The largest absolute Gasteiger partial charge is 0.480 e. The second kappa shape index (κ2) is 12.9. The molecule has 17 heteroatoms. The standard InChI is InChI=1S/C20H32N2O15/c1-5(24)9(18(31)32)22-17(30)16-12(28)15(34-7(3)26)13(29)20(37-16)36-14-10(21-6(2)25)19(33)35-8(4-23)11(14)27/h5,8-16,19-20,23-24,27-29,33H,4H2,1-3H3,(H,21,25)(H,22,30)(H,31,32)/t5-,8-,9+,10-,11+,12-,13-,14-,15+,16+,19-,20+/m1/s1. The molecule has 0 aromatic rings. The highest BCUT2D eigenvalue weighted by atomic mass is 16.7. The zero-order valence-corrected chi connectivity index (χ0v) is 20.0. The van der Waals surface area contributed by atoms with E-state index in [9.17, 15) is 54.9 Å². The highest BCUT2D eigenvalue weighted by Gasteiger charge is 2.54. The average molecular weight is 540 g/mol. The molecule has 2 fully saturated rings. The first-order valence-electron chi connectivity index (χ1n) is 11.1. The maximum absolute atomic E-state index is 12.8. The molecule has 0 bridgehead atoms. The molecule has 2 rings (SSSR count). The van der Waals surface area contributed by atoms with Crippen molar-refractivity contribution in [3.05, 3.63) is 0 Å². The van der Waals surface area contributed by atoms with Gasteiger partial charge in [-0.3, -0.25) is 14.4 Å². The van der Waals surface area contributed by atoms with E-state index in [4.69, 9.17) is 18.9 Å². The number of carbonyl (C=O) groups excluding carboxylic acids is 3. The molecule has 12 atom stereocenters. The Morgan fingerprint density at radius 1 is 0.973 bits per heavy atom. The summed E-state index contributed by atoms with van der Waals surface area (Å²) >= 11 is 0. The van der Waals surface area contributed by atoms with E-state index in [2.05, 4.69) is 5.32 Å². The van der Waals surface area contributed by atoms with Crippen LogP contribution >= 0.6 is 0 Å². The van der Waals surface area contributed by atoms with Gasteiger partial charge in [0, 0.05) is 13.8 Å². The lowest BCUT2D eigenvalue weighted by atomic mass is 9.95. The normalized spacial score (nSPS) is 37.6. The molecule has 0 aromatic heterocycles. The molecule has 2 saturated heterocycles. The second-order valence-electron chi connectivity index (χ2n) is 8.61. The number of rotatable bonds is 9. The smallest absolute Gasteiger partial charge is 0.328 e. The SMILES string of the molecule is CC(=O)N[C@@H]1[C@@H](O[C@H]2O[C@H](C(=O)N[C@H](C(=O)O)[C@@H](C)O)[C@H](O)[C@H](OC(C)=O)[C@H]2O)[C@@H](O)[C@@H](CO)O[C@H]1O. The summed E-state index contributed by atoms with van der Waals surface area (Å²) in [6, 6.07) is -3.31. The number of ether oxygens (including phenoxy) is 4. The molecule has 9 N–H and O–H groups in total. The zero-order chi connectivity index (χ0) is 28.2. The third kappa shape index (κ3) is 7.30. The van der Waals surface area contributed by atoms with Crippen LogP contribution in [0.1, 0.15) is 20.8 Å². The van der Waals surface area contributed by atoms with Crippen LogP contribution in [0.4, 0.5) is 0 Å². The van der Waals surface area contributed by atoms with Gasteiger partial charge in [-0.2, -0.15) is 0 Å². The fraction of sp³-hybridized carbons (Fsp3) is 0.800. The first-order chi connectivity index (χ1) is 17.2. The van der Waals surface area contributed by atoms with E-state index < -0.39 is 104 Å². The third-order valence-electron chi connectivity index (χ3n) is 5.68. The summed E-state index contributed by atoms with van der Waals surface area (Å²) in [6.45, 7) is 2.29. The van der Waals surface area contributed by atoms with Crippen molar-refractivity contribution in [1.29, 1.82) is 0 Å². The minimum atomic E-state index is -2.05. The summed E-state index contributed by atoms with van der Waals surface area (Å²) in [7, 11) is 0. The quantitative estimate of drug-likeness (QED) is 0.123. The van der Waals surface area contributed by atoms with Crippen LogP contribution in [0.2, 0.25) is 0 Å². The van der Waals surface area contributed by atoms with Crippen LogP contribution in [-0.2, 0) is 38.1 Å². The number of carbonyl (C=O) groups is 4. The molecule has 0 radical (unpaired) electrons. The van der Waals surface area contributed by atoms with Crippen LogP contribution in [0.3, 0.4) is 0 Å². The van der Waals surface area contributed by atoms with Crippen molar-refractivity contribution in [2.75, 3.05) is 6.61 Å². The van der Waals surface area contributed by atoms with Gasteiger partial charge in [0.05, 0.1) is 12.7 Å². The maximum atomic E-state index is 12.8. The molecule has 2 amide bonds. The van der Waals surface area contributed by atoms with Crippen LogP contribution in [0.5, 0.6) is 0 Å². The molecule has 0 saturated carbocycles. The minimum Gasteiger partial charge on any atom is -0.480 e. The van der Waals surface area contributed by atoms with E-state index in [1.165, 1.54) is 0 Å². The highest BCUT2D eigenvalue weighted by molar-refractivity contribution is 5.87. The van der Waals surface area contributed by atoms with Crippen LogP contribution < -0.4 is 10.6 Å². The highest BCUT2D eigenvalue weighted by Crippen LogP contribution is 2.30. The number of aliphatic carboxylic acids is 1. The molecule has 37 heavy (non-hydrogen) atoms. The number of esters is 1. The molecule has 2 aliphatic rings. The number of aliphatic hydroxyl groups excluding tert-OH is 6. The molecule has 17 nitrogen and oxygen atoms in total. The summed E-state index contributed by atoms with van der Waals surface area (Å²) in [5.41, 5.74) is 0. The van der Waals surface area contributed by atoms with E-state index in [1.807, 2.05) is 5.32 Å². The Hall–Kier alpha value is -2.48. The average Bonchev–Trinajstić information content (AvgIpc) is 2.79. The molecule has 0 aromatic carbocycles. The summed E-state index contributed by atoms with van der Waals surface area (Å²) in [5.74, 6) is -4.60. The van der Waals surface area contributed by atoms with Gasteiger partial charge in [0.25, 0.3) is 5.91 Å². The van der Waals surface area contributed by atoms with Gasteiger partial charge in [0.2, 0.25) is 5.91 Å². The predicted molar refractivity (Wildman–Crippen MR) is 114 cm³/mol. The van der Waals surface area contributed by atoms with E-state index in [1.54, 1.807) is 0 Å². The van der Waals surface area contributed by atoms with Crippen LogP contribution in [0.25, 0.3) is 0 Å². The van der Waals surface area contributed by atoms with E-state index in [0.29, 0.717) is 0 Å². The summed E-state index contributed by atoms with van der Waals surface area (Å²) < 4.78 is 20.9. The fourth-order valence-electron chi connectivity index (χ4n) is 3.91. The summed E-state index contributed by atoms with van der Waals surface area (Å²) in [5, 5.41) is 74.7. The summed E-state index contributed by atoms with van der Waals surface area (Å²) in [4.78, 5) is 47.3. The monoisotopic (exact) mass is 540 g/mol. The number of carboxylic acid groups (broad SMARTS) is 1. The molecular weight excluding hydrogens is 508 g/mol. The number of nitrogens with one attached hydrogen (secondary N) is 2. The van der Waals surface area contributed by atoms with Crippen LogP contribution in [0, 0.1) is 0 Å². The molecular formula is C20H32N2O15. The lowest BCUT2D eigenvalue weighted by molar-refractivity contribution is -0.335. The van der Waals surface area contributed by atoms with Crippen molar-refractivity contribution in [3.8, 4) is 0 Å². The van der Waals surface area contributed by atoms with Crippen LogP contribution in [-0.4, -0.2) is 140 Å². The maximum Gasteiger partial charge on any atom is 0.328 e. The minimum absolute atomic E-state index is 0.690. The van der Waals surface area contributed by atoms with E-state index in [-0.39, 0.29) is 0 Å². The van der Waals surface area contributed by atoms with Crippen molar-refractivity contribution in [1.82, 2.24) is 10.6 Å². The van der Waals surface area contributed by atoms with Gasteiger partial charge in [-0.1, -0.05) is 0 Å². The van der Waals surface area contributed by atoms with Gasteiger partial charge >= 0.3 is 11.9 Å². The Morgan fingerprint density at radius 2 is 1.59 bits per heavy atom. The molecule has 0 spiro atoms. The zero-order valence-electron chi connectivity index (χ0n) is 20.0. The fourth-order valence-corrected chi connectivity index (χ4v) is 3.91. The number of hydrogen-bond acceptors (Lipinski definition) is 14. The number of carboxylic acids is 1. The topological polar surface area (TPSA) is 271 Å². The lowest BCUT2D eigenvalue weighted by Crippen LogP contribution is -2.69. The van der Waals surface area contributed by atoms with Gasteiger partial charge in [-0.15, -0.1) is 0 Å². The number of hydrogen-bond donors (Lipinski definition) is 9. The first-order valence-corrected chi connectivity index (χ1v) is 11.1. The van der Waals surface area contributed by atoms with Gasteiger partial charge < -0.3 is 65.3 Å². The third-order valence-corrected chi connectivity index (χ3v) is 5.68. The van der Waals surface area contributed by atoms with Crippen molar-refractivity contribution in [2.45, 2.75) is 94.3 Å². The van der Waals surface area contributed by atoms with Gasteiger partial charge in [-0.25, -0.2) is 4.79 Å². The van der Waals surface area contributed by atoms with Crippen molar-refractivity contribution < 1.29 is 73.9 Å². The Balaban J connectivity index is 2.39. The van der Waals surface area contributed by atoms with E-state index in [0.717, 1.165) is 20.8 Å². The van der Waals surface area contributed by atoms with Gasteiger partial charge in [0.15, 0.2) is 30.8 Å². The second-order valence-corrected chi connectivity index (χ2v) is 8.61. The number of aliphatic hydroxyl groups is 6. The molecule has 0 unspecified atom stereocenters. The van der Waals surface area contributed by atoms with E-state index >= 15 is 0 Å². The Morgan fingerprint density at radius 3 is 2.08 bits per heavy atom. The van der Waals surface area contributed by atoms with Gasteiger partial charge in [-0.05, 0) is 6.92 Å². The van der Waals surface area contributed by atoms with Crippen molar-refractivity contribution >= 4 is 23.8 Å². The Kier molecular flexibility index (Phi) is 10.7. The summed E-state index contributed by atoms with van der Waals surface area (Å²) in [6.07, 6.45) is -18.1. The molecule has 2 heterocycles. The first kappa shape index (κ1) is 30.7. The van der Waals surface area contributed by atoms with Crippen molar-refractivity contribution in [2.24, 2.45) is 0 Å². The Bertz CT molecular complexity index is 841. The molecule has 2 aliphatic heterocycles. The molecule has 0 aliphatic carbocycles. The predicted octanol–water partition coefficient (Wildman–Crippen LogP) is -5.72.